The minimum absolute atomic E-state index is 0.544. The van der Waals surface area contributed by atoms with E-state index in [2.05, 4.69) is 61.8 Å². The Bertz CT molecular complexity index is 928. The molecule has 0 saturated carbocycles. The minimum Gasteiger partial charge on any atom is -0.372 e. The molecule has 0 spiro atoms. The van der Waals surface area contributed by atoms with E-state index in [4.69, 9.17) is 4.52 Å². The van der Waals surface area contributed by atoms with E-state index in [1.807, 2.05) is 26.0 Å². The summed E-state index contributed by atoms with van der Waals surface area (Å²) in [6.45, 7) is 8.38. The molecule has 7 nitrogen and oxygen atoms in total. The van der Waals surface area contributed by atoms with Crippen LogP contribution in [0.2, 0.25) is 0 Å². The number of hydrogen-bond acceptors (Lipinski definition) is 7. The monoisotopic (exact) mass is 378 g/mol. The highest BCUT2D eigenvalue weighted by Crippen LogP contribution is 2.25. The molecule has 0 unspecified atom stereocenters. The Morgan fingerprint density at radius 2 is 1.71 bits per heavy atom. The third-order valence-corrected chi connectivity index (χ3v) is 5.01. The molecule has 0 radical (unpaired) electrons. The Kier molecular flexibility index (Phi) is 5.14. The standard InChI is InChI=1S/C21H26N6O/c1-14-8-10-27(11-9-14)18-6-4-17(5-7-18)23-21-22-15(2)12-19(25-21)24-20-13-16(3)28-26-20/h4-7,12-14H,8-11H2,1-3H3,(H2,22,23,24,25,26). The lowest BCUT2D eigenvalue weighted by molar-refractivity contribution is 0.400. The van der Waals surface area contributed by atoms with E-state index in [9.17, 15) is 0 Å². The molecule has 28 heavy (non-hydrogen) atoms. The van der Waals surface area contributed by atoms with Crippen LogP contribution in [0.15, 0.2) is 40.9 Å². The minimum atomic E-state index is 0.544. The van der Waals surface area contributed by atoms with Gasteiger partial charge in [0, 0.05) is 42.3 Å². The van der Waals surface area contributed by atoms with Crippen LogP contribution in [0.1, 0.15) is 31.2 Å². The largest absolute Gasteiger partial charge is 0.372 e. The van der Waals surface area contributed by atoms with Gasteiger partial charge in [-0.3, -0.25) is 0 Å². The topological polar surface area (TPSA) is 79.1 Å². The number of benzene rings is 1. The highest BCUT2D eigenvalue weighted by molar-refractivity contribution is 5.61. The molecule has 1 aliphatic heterocycles. The molecule has 0 aliphatic carbocycles. The number of aromatic nitrogens is 3. The summed E-state index contributed by atoms with van der Waals surface area (Å²) in [4.78, 5) is 11.5. The van der Waals surface area contributed by atoms with Crippen molar-refractivity contribution in [2.24, 2.45) is 5.92 Å². The molecule has 3 heterocycles. The molecule has 4 rings (SSSR count). The van der Waals surface area contributed by atoms with Crippen LogP contribution < -0.4 is 15.5 Å². The Balaban J connectivity index is 1.45. The van der Waals surface area contributed by atoms with Crippen molar-refractivity contribution >= 4 is 29.0 Å². The van der Waals surface area contributed by atoms with E-state index in [-0.39, 0.29) is 0 Å². The lowest BCUT2D eigenvalue weighted by Gasteiger charge is -2.32. The predicted molar refractivity (Wildman–Crippen MR) is 112 cm³/mol. The van der Waals surface area contributed by atoms with Gasteiger partial charge in [0.1, 0.15) is 11.6 Å². The second kappa shape index (κ2) is 7.88. The molecule has 1 aliphatic rings. The first-order valence-electron chi connectivity index (χ1n) is 9.73. The van der Waals surface area contributed by atoms with Gasteiger partial charge in [0.05, 0.1) is 0 Å². The summed E-state index contributed by atoms with van der Waals surface area (Å²) in [5, 5.41) is 10.4. The second-order valence-corrected chi connectivity index (χ2v) is 7.51. The molecule has 1 saturated heterocycles. The summed E-state index contributed by atoms with van der Waals surface area (Å²) in [5.41, 5.74) is 3.09. The third-order valence-electron chi connectivity index (χ3n) is 5.01. The number of anilines is 5. The van der Waals surface area contributed by atoms with Crippen molar-refractivity contribution in [2.75, 3.05) is 28.6 Å². The van der Waals surface area contributed by atoms with Crippen molar-refractivity contribution in [1.82, 2.24) is 15.1 Å². The van der Waals surface area contributed by atoms with Crippen LogP contribution in [0, 0.1) is 19.8 Å². The van der Waals surface area contributed by atoms with Gasteiger partial charge >= 0.3 is 0 Å². The summed E-state index contributed by atoms with van der Waals surface area (Å²) in [7, 11) is 0. The van der Waals surface area contributed by atoms with Gasteiger partial charge in [-0.1, -0.05) is 12.1 Å². The maximum absolute atomic E-state index is 5.08. The smallest absolute Gasteiger partial charge is 0.229 e. The van der Waals surface area contributed by atoms with Gasteiger partial charge in [-0.15, -0.1) is 0 Å². The van der Waals surface area contributed by atoms with E-state index in [0.717, 1.165) is 36.1 Å². The molecule has 3 aromatic rings. The first kappa shape index (κ1) is 18.3. The van der Waals surface area contributed by atoms with E-state index in [0.29, 0.717) is 17.6 Å². The van der Waals surface area contributed by atoms with Crippen LogP contribution in [0.3, 0.4) is 0 Å². The molecule has 2 aromatic heterocycles. The van der Waals surface area contributed by atoms with Gasteiger partial charge in [-0.25, -0.2) is 4.98 Å². The van der Waals surface area contributed by atoms with Crippen LogP contribution >= 0.6 is 0 Å². The van der Waals surface area contributed by atoms with E-state index < -0.39 is 0 Å². The Morgan fingerprint density at radius 1 is 0.964 bits per heavy atom. The number of nitrogens with zero attached hydrogens (tertiary/aromatic N) is 4. The van der Waals surface area contributed by atoms with Gasteiger partial charge in [0.2, 0.25) is 5.95 Å². The van der Waals surface area contributed by atoms with E-state index in [1.54, 1.807) is 0 Å². The van der Waals surface area contributed by atoms with Crippen molar-refractivity contribution in [2.45, 2.75) is 33.6 Å². The molecular weight excluding hydrogens is 352 g/mol. The molecular formula is C21H26N6O. The zero-order valence-electron chi connectivity index (χ0n) is 16.6. The summed E-state index contributed by atoms with van der Waals surface area (Å²) in [6, 6.07) is 12.2. The van der Waals surface area contributed by atoms with Gasteiger partial charge in [-0.2, -0.15) is 4.98 Å². The van der Waals surface area contributed by atoms with E-state index in [1.165, 1.54) is 18.5 Å². The average molecular weight is 378 g/mol. The highest BCUT2D eigenvalue weighted by Gasteiger charge is 2.16. The Hall–Kier alpha value is -3.09. The molecule has 146 valence electrons. The maximum Gasteiger partial charge on any atom is 0.229 e. The van der Waals surface area contributed by atoms with Crippen molar-refractivity contribution in [3.8, 4) is 0 Å². The first-order chi connectivity index (χ1) is 13.5. The van der Waals surface area contributed by atoms with Crippen molar-refractivity contribution < 1.29 is 4.52 Å². The van der Waals surface area contributed by atoms with Crippen molar-refractivity contribution in [3.63, 3.8) is 0 Å². The predicted octanol–water partition coefficient (Wildman–Crippen LogP) is 4.80. The van der Waals surface area contributed by atoms with Crippen LogP contribution in [0.4, 0.5) is 29.0 Å². The zero-order valence-corrected chi connectivity index (χ0v) is 16.6. The summed E-state index contributed by atoms with van der Waals surface area (Å²) < 4.78 is 5.08. The van der Waals surface area contributed by atoms with Gasteiger partial charge < -0.3 is 20.1 Å². The lowest BCUT2D eigenvalue weighted by atomic mass is 9.99. The van der Waals surface area contributed by atoms with Crippen LogP contribution in [-0.4, -0.2) is 28.2 Å². The number of hydrogen-bond donors (Lipinski definition) is 2. The fourth-order valence-corrected chi connectivity index (χ4v) is 3.40. The Labute approximate surface area is 165 Å². The second-order valence-electron chi connectivity index (χ2n) is 7.51. The molecule has 1 aromatic carbocycles. The highest BCUT2D eigenvalue weighted by atomic mass is 16.5. The normalized spacial score (nSPS) is 14.9. The average Bonchev–Trinajstić information content (AvgIpc) is 3.07. The zero-order chi connectivity index (χ0) is 19.5. The number of rotatable bonds is 5. The molecule has 1 fully saturated rings. The molecule has 7 heteroatoms. The maximum atomic E-state index is 5.08. The van der Waals surface area contributed by atoms with Gasteiger partial charge in [0.25, 0.3) is 0 Å². The van der Waals surface area contributed by atoms with E-state index >= 15 is 0 Å². The van der Waals surface area contributed by atoms with Crippen LogP contribution in [-0.2, 0) is 0 Å². The number of aryl methyl sites for hydroxylation is 2. The van der Waals surface area contributed by atoms with Crippen molar-refractivity contribution in [1.29, 1.82) is 0 Å². The number of nitrogens with one attached hydrogen (secondary N) is 2. The lowest BCUT2D eigenvalue weighted by Crippen LogP contribution is -2.32. The van der Waals surface area contributed by atoms with Crippen LogP contribution in [0.25, 0.3) is 0 Å². The summed E-state index contributed by atoms with van der Waals surface area (Å²) >= 11 is 0. The molecule has 0 amide bonds. The first-order valence-corrected chi connectivity index (χ1v) is 9.73. The van der Waals surface area contributed by atoms with Gasteiger partial charge in [0.15, 0.2) is 5.82 Å². The Morgan fingerprint density at radius 3 is 2.39 bits per heavy atom. The summed E-state index contributed by atoms with van der Waals surface area (Å²) in [6.07, 6.45) is 2.52. The molecule has 2 N–H and O–H groups in total. The summed E-state index contributed by atoms with van der Waals surface area (Å²) in [5.74, 6) is 3.42. The quantitative estimate of drug-likeness (QED) is 0.660. The van der Waals surface area contributed by atoms with Gasteiger partial charge in [-0.05, 0) is 56.9 Å². The SMILES string of the molecule is Cc1cc(Nc2cc(C)on2)nc(Nc2ccc(N3CCC(C)CC3)cc2)n1. The fraction of sp³-hybridized carbons (Fsp3) is 0.381. The fourth-order valence-electron chi connectivity index (χ4n) is 3.40. The third kappa shape index (κ3) is 4.42. The molecule has 0 atom stereocenters. The van der Waals surface area contributed by atoms with Crippen LogP contribution in [0.5, 0.6) is 0 Å². The molecule has 0 bridgehead atoms. The van der Waals surface area contributed by atoms with Crippen molar-refractivity contribution in [3.05, 3.63) is 47.9 Å². The number of piperidine rings is 1.